The molecule has 1 fully saturated rings. The van der Waals surface area contributed by atoms with Gasteiger partial charge in [-0.05, 0) is 51.9 Å². The van der Waals surface area contributed by atoms with Crippen molar-refractivity contribution in [1.29, 1.82) is 0 Å². The van der Waals surface area contributed by atoms with E-state index in [0.717, 1.165) is 19.1 Å². The molecule has 3 nitrogen and oxygen atoms in total. The highest BCUT2D eigenvalue weighted by molar-refractivity contribution is 4.77. The highest BCUT2D eigenvalue weighted by Gasteiger charge is 2.20. The third kappa shape index (κ3) is 6.72. The second-order valence-corrected chi connectivity index (χ2v) is 7.10. The zero-order chi connectivity index (χ0) is 13.6. The molecular weight excluding hydrogens is 222 g/mol. The van der Waals surface area contributed by atoms with Crippen molar-refractivity contribution in [3.63, 3.8) is 0 Å². The van der Waals surface area contributed by atoms with E-state index in [4.69, 9.17) is 0 Å². The largest absolute Gasteiger partial charge is 0.315 e. The van der Waals surface area contributed by atoms with E-state index in [-0.39, 0.29) is 0 Å². The molecule has 0 amide bonds. The standard InChI is InChI=1S/C15H33N3/c1-15(2,3)8-9-16-10-12-18(5)14-7-6-11-17(4)13-14/h14,16H,6-13H2,1-5H3. The normalized spacial score (nSPS) is 22.7. The second-order valence-electron chi connectivity index (χ2n) is 7.10. The Balaban J connectivity index is 2.07. The smallest absolute Gasteiger partial charge is 0.0221 e. The fraction of sp³-hybridized carbons (Fsp3) is 1.00. The third-order valence-corrected chi connectivity index (χ3v) is 3.92. The second kappa shape index (κ2) is 7.46. The van der Waals surface area contributed by atoms with Crippen molar-refractivity contribution in [2.75, 3.05) is 46.8 Å². The molecule has 0 spiro atoms. The van der Waals surface area contributed by atoms with Crippen LogP contribution >= 0.6 is 0 Å². The van der Waals surface area contributed by atoms with Crippen LogP contribution in [0, 0.1) is 5.41 Å². The molecule has 1 saturated heterocycles. The van der Waals surface area contributed by atoms with E-state index in [1.807, 2.05) is 0 Å². The molecule has 0 saturated carbocycles. The van der Waals surface area contributed by atoms with Gasteiger partial charge in [0.05, 0.1) is 0 Å². The van der Waals surface area contributed by atoms with Crippen molar-refractivity contribution >= 4 is 0 Å². The van der Waals surface area contributed by atoms with Crippen LogP contribution in [-0.4, -0.2) is 62.7 Å². The van der Waals surface area contributed by atoms with E-state index in [1.54, 1.807) is 0 Å². The maximum Gasteiger partial charge on any atom is 0.0221 e. The van der Waals surface area contributed by atoms with E-state index in [1.165, 1.54) is 38.9 Å². The van der Waals surface area contributed by atoms with Crippen molar-refractivity contribution in [3.05, 3.63) is 0 Å². The lowest BCUT2D eigenvalue weighted by Crippen LogP contribution is -2.46. The Morgan fingerprint density at radius 2 is 2.00 bits per heavy atom. The Morgan fingerprint density at radius 3 is 2.61 bits per heavy atom. The Morgan fingerprint density at radius 1 is 1.28 bits per heavy atom. The van der Waals surface area contributed by atoms with Gasteiger partial charge in [-0.15, -0.1) is 0 Å². The first-order chi connectivity index (χ1) is 8.38. The van der Waals surface area contributed by atoms with Gasteiger partial charge in [-0.3, -0.25) is 0 Å². The van der Waals surface area contributed by atoms with Crippen molar-refractivity contribution < 1.29 is 0 Å². The molecule has 1 heterocycles. The van der Waals surface area contributed by atoms with Gasteiger partial charge >= 0.3 is 0 Å². The quantitative estimate of drug-likeness (QED) is 0.733. The first-order valence-electron chi connectivity index (χ1n) is 7.48. The number of nitrogens with zero attached hydrogens (tertiary/aromatic N) is 2. The predicted octanol–water partition coefficient (Wildman–Crippen LogP) is 2.04. The van der Waals surface area contributed by atoms with Crippen LogP contribution in [0.25, 0.3) is 0 Å². The monoisotopic (exact) mass is 255 g/mol. The molecule has 3 heteroatoms. The minimum Gasteiger partial charge on any atom is -0.315 e. The van der Waals surface area contributed by atoms with Crippen molar-refractivity contribution in [3.8, 4) is 0 Å². The van der Waals surface area contributed by atoms with Gasteiger partial charge in [0.2, 0.25) is 0 Å². The summed E-state index contributed by atoms with van der Waals surface area (Å²) in [5.74, 6) is 0. The molecule has 1 atom stereocenters. The summed E-state index contributed by atoms with van der Waals surface area (Å²) >= 11 is 0. The fourth-order valence-corrected chi connectivity index (χ4v) is 2.53. The maximum absolute atomic E-state index is 3.57. The molecule has 0 aliphatic carbocycles. The van der Waals surface area contributed by atoms with Crippen molar-refractivity contribution in [1.82, 2.24) is 15.1 Å². The van der Waals surface area contributed by atoms with Gasteiger partial charge in [-0.2, -0.15) is 0 Å². The summed E-state index contributed by atoms with van der Waals surface area (Å²) in [7, 11) is 4.51. The summed E-state index contributed by atoms with van der Waals surface area (Å²) in [5.41, 5.74) is 0.449. The van der Waals surface area contributed by atoms with E-state index in [0.29, 0.717) is 5.41 Å². The molecule has 0 aromatic rings. The molecule has 0 aromatic heterocycles. The van der Waals surface area contributed by atoms with Gasteiger partial charge in [0.1, 0.15) is 0 Å². The van der Waals surface area contributed by atoms with Crippen LogP contribution in [-0.2, 0) is 0 Å². The summed E-state index contributed by atoms with van der Waals surface area (Å²) in [5, 5.41) is 3.57. The molecule has 0 bridgehead atoms. The molecule has 1 N–H and O–H groups in total. The molecular formula is C15H33N3. The Kier molecular flexibility index (Phi) is 6.61. The minimum atomic E-state index is 0.449. The number of nitrogens with one attached hydrogen (secondary N) is 1. The van der Waals surface area contributed by atoms with Crippen LogP contribution in [0.2, 0.25) is 0 Å². The average Bonchev–Trinajstić information content (AvgIpc) is 2.26. The van der Waals surface area contributed by atoms with Crippen molar-refractivity contribution in [2.45, 2.75) is 46.1 Å². The van der Waals surface area contributed by atoms with Gasteiger partial charge in [0.25, 0.3) is 0 Å². The van der Waals surface area contributed by atoms with Crippen LogP contribution < -0.4 is 5.32 Å². The lowest BCUT2D eigenvalue weighted by molar-refractivity contribution is 0.135. The Hall–Kier alpha value is -0.120. The topological polar surface area (TPSA) is 18.5 Å². The molecule has 1 unspecified atom stereocenters. The van der Waals surface area contributed by atoms with Gasteiger partial charge in [0.15, 0.2) is 0 Å². The number of likely N-dealkylation sites (N-methyl/N-ethyl adjacent to an activating group) is 2. The van der Waals surface area contributed by atoms with Crippen LogP contribution in [0.4, 0.5) is 0 Å². The lowest BCUT2D eigenvalue weighted by Gasteiger charge is -2.36. The lowest BCUT2D eigenvalue weighted by atomic mass is 9.92. The summed E-state index contributed by atoms with van der Waals surface area (Å²) in [4.78, 5) is 4.98. The zero-order valence-electron chi connectivity index (χ0n) is 13.1. The van der Waals surface area contributed by atoms with Gasteiger partial charge in [-0.1, -0.05) is 20.8 Å². The Bertz CT molecular complexity index is 222. The Labute approximate surface area is 114 Å². The first kappa shape index (κ1) is 15.9. The fourth-order valence-electron chi connectivity index (χ4n) is 2.53. The number of rotatable bonds is 6. The van der Waals surface area contributed by atoms with Crippen LogP contribution in [0.15, 0.2) is 0 Å². The van der Waals surface area contributed by atoms with Crippen LogP contribution in [0.5, 0.6) is 0 Å². The number of likely N-dealkylation sites (tertiary alicyclic amines) is 1. The first-order valence-corrected chi connectivity index (χ1v) is 7.48. The number of hydrogen-bond donors (Lipinski definition) is 1. The van der Waals surface area contributed by atoms with Crippen LogP contribution in [0.1, 0.15) is 40.0 Å². The number of piperidine rings is 1. The zero-order valence-corrected chi connectivity index (χ0v) is 13.1. The van der Waals surface area contributed by atoms with Gasteiger partial charge in [0, 0.05) is 25.7 Å². The molecule has 18 heavy (non-hydrogen) atoms. The summed E-state index contributed by atoms with van der Waals surface area (Å²) in [6, 6.07) is 0.758. The van der Waals surface area contributed by atoms with Crippen LogP contribution in [0.3, 0.4) is 0 Å². The molecule has 1 aliphatic rings. The molecule has 0 radical (unpaired) electrons. The van der Waals surface area contributed by atoms with E-state index in [9.17, 15) is 0 Å². The molecule has 1 rings (SSSR count). The van der Waals surface area contributed by atoms with Crippen molar-refractivity contribution in [2.24, 2.45) is 5.41 Å². The summed E-state index contributed by atoms with van der Waals surface area (Å²) in [6.07, 6.45) is 3.97. The van der Waals surface area contributed by atoms with E-state index in [2.05, 4.69) is 50.0 Å². The predicted molar refractivity (Wildman–Crippen MR) is 80.1 cm³/mol. The van der Waals surface area contributed by atoms with E-state index >= 15 is 0 Å². The average molecular weight is 255 g/mol. The highest BCUT2D eigenvalue weighted by Crippen LogP contribution is 2.17. The van der Waals surface area contributed by atoms with Gasteiger partial charge in [-0.25, -0.2) is 0 Å². The highest BCUT2D eigenvalue weighted by atomic mass is 15.2. The van der Waals surface area contributed by atoms with Gasteiger partial charge < -0.3 is 15.1 Å². The third-order valence-electron chi connectivity index (χ3n) is 3.92. The summed E-state index contributed by atoms with van der Waals surface area (Å²) in [6.45, 7) is 12.8. The molecule has 108 valence electrons. The van der Waals surface area contributed by atoms with E-state index < -0.39 is 0 Å². The number of hydrogen-bond acceptors (Lipinski definition) is 3. The maximum atomic E-state index is 3.57. The molecule has 1 aliphatic heterocycles. The minimum absolute atomic E-state index is 0.449. The summed E-state index contributed by atoms with van der Waals surface area (Å²) < 4.78 is 0. The SMILES string of the molecule is CN1CCCC(N(C)CCNCCC(C)(C)C)C1. The molecule has 0 aromatic carbocycles.